The molecule has 0 radical (unpaired) electrons. The second kappa shape index (κ2) is 11.0. The fourth-order valence-corrected chi connectivity index (χ4v) is 8.83. The zero-order valence-corrected chi connectivity index (χ0v) is 23.4. The van der Waals surface area contributed by atoms with Gasteiger partial charge in [0, 0.05) is 50.8 Å². The smallest absolute Gasteiger partial charge is 0.227 e. The Morgan fingerprint density at radius 2 is 1.92 bits per heavy atom. The lowest BCUT2D eigenvalue weighted by molar-refractivity contribution is -0.130. The van der Waals surface area contributed by atoms with E-state index in [0.29, 0.717) is 31.6 Å². The van der Waals surface area contributed by atoms with Crippen molar-refractivity contribution in [2.24, 2.45) is 28.2 Å². The fraction of sp³-hybridized carbons (Fsp3) is 0.964. The van der Waals surface area contributed by atoms with Crippen LogP contribution in [0.1, 0.15) is 65.7 Å². The molecule has 5 rings (SSSR count). The third kappa shape index (κ3) is 5.33. The molecule has 0 aromatic rings. The summed E-state index contributed by atoms with van der Waals surface area (Å²) in [6, 6.07) is 0.859. The quantitative estimate of drug-likeness (QED) is 0.372. The van der Waals surface area contributed by atoms with Gasteiger partial charge in [0.15, 0.2) is 0 Å². The van der Waals surface area contributed by atoms with Crippen LogP contribution in [-0.4, -0.2) is 109 Å². The first-order valence-corrected chi connectivity index (χ1v) is 15.1. The predicted octanol–water partition coefficient (Wildman–Crippen LogP) is 1.10. The van der Waals surface area contributed by atoms with Crippen molar-refractivity contribution in [1.29, 1.82) is 0 Å². The van der Waals surface area contributed by atoms with Gasteiger partial charge in [0.2, 0.25) is 5.91 Å². The summed E-state index contributed by atoms with van der Waals surface area (Å²) in [4.78, 5) is 21.5. The van der Waals surface area contributed by atoms with Crippen LogP contribution in [0.5, 0.6) is 0 Å². The number of hydrogen-bond acceptors (Lipinski definition) is 7. The Labute approximate surface area is 223 Å². The summed E-state index contributed by atoms with van der Waals surface area (Å²) in [7, 11) is 0. The van der Waals surface area contributed by atoms with Gasteiger partial charge in [-0.3, -0.25) is 19.5 Å². The van der Waals surface area contributed by atoms with Crippen molar-refractivity contribution in [3.63, 3.8) is 0 Å². The van der Waals surface area contributed by atoms with Gasteiger partial charge in [-0.25, -0.2) is 4.39 Å². The number of nitrogens with two attached hydrogens (primary N) is 2. The Balaban J connectivity index is 1.33. The number of nitrogens with one attached hydrogen (secondary N) is 2. The second-order valence-electron chi connectivity index (χ2n) is 13.1. The fourth-order valence-electron chi connectivity index (χ4n) is 8.83. The van der Waals surface area contributed by atoms with Crippen LogP contribution in [0.3, 0.4) is 0 Å². The molecule has 6 N–H and O–H groups in total. The Morgan fingerprint density at radius 3 is 2.65 bits per heavy atom. The van der Waals surface area contributed by atoms with Crippen molar-refractivity contribution in [1.82, 2.24) is 25.3 Å². The highest BCUT2D eigenvalue weighted by Crippen LogP contribution is 2.71. The average molecular weight is 522 g/mol. The van der Waals surface area contributed by atoms with E-state index in [1.807, 2.05) is 0 Å². The van der Waals surface area contributed by atoms with Crippen LogP contribution in [0, 0.1) is 16.7 Å². The summed E-state index contributed by atoms with van der Waals surface area (Å²) >= 11 is 0. The molecule has 37 heavy (non-hydrogen) atoms. The maximum absolute atomic E-state index is 15.2. The van der Waals surface area contributed by atoms with Crippen LogP contribution in [0.25, 0.3) is 0 Å². The highest BCUT2D eigenvalue weighted by molar-refractivity contribution is 5.80. The second-order valence-corrected chi connectivity index (χ2v) is 13.1. The van der Waals surface area contributed by atoms with Gasteiger partial charge in [0.25, 0.3) is 0 Å². The summed E-state index contributed by atoms with van der Waals surface area (Å²) in [6.07, 6.45) is 5.44. The molecule has 5 fully saturated rings. The molecule has 4 heterocycles. The SMILES string of the molecule is CCN1CC(F)CC2(C)CC2(CC)CC1C(C(=O)NC1CNCCC1N1CCN2CCCC2C1)C(N)N. The monoisotopic (exact) mass is 521 g/mol. The molecule has 9 heteroatoms. The summed E-state index contributed by atoms with van der Waals surface area (Å²) in [5.74, 6) is -0.617. The lowest BCUT2D eigenvalue weighted by Gasteiger charge is -2.47. The number of rotatable bonds is 7. The Morgan fingerprint density at radius 1 is 1.14 bits per heavy atom. The van der Waals surface area contributed by atoms with E-state index in [2.05, 4.69) is 46.1 Å². The largest absolute Gasteiger partial charge is 0.350 e. The van der Waals surface area contributed by atoms with E-state index >= 15 is 4.39 Å². The number of carbonyl (C=O) groups is 1. The van der Waals surface area contributed by atoms with Crippen molar-refractivity contribution < 1.29 is 9.18 Å². The van der Waals surface area contributed by atoms with Crippen LogP contribution < -0.4 is 22.1 Å². The lowest BCUT2D eigenvalue weighted by Crippen LogP contribution is -2.66. The average Bonchev–Trinajstić information content (AvgIpc) is 3.18. The number of hydrogen-bond donors (Lipinski definition) is 4. The zero-order valence-electron chi connectivity index (χ0n) is 23.4. The summed E-state index contributed by atoms with van der Waals surface area (Å²) < 4.78 is 15.2. The van der Waals surface area contributed by atoms with Gasteiger partial charge in [0.05, 0.1) is 18.1 Å². The molecular formula is C28H52FN7O. The van der Waals surface area contributed by atoms with Crippen LogP contribution >= 0.6 is 0 Å². The number of likely N-dealkylation sites (tertiary alicyclic amines) is 1. The molecule has 1 aliphatic carbocycles. The number of piperazine rings is 1. The van der Waals surface area contributed by atoms with E-state index in [9.17, 15) is 4.79 Å². The first-order chi connectivity index (χ1) is 17.7. The molecule has 0 aromatic carbocycles. The first-order valence-electron chi connectivity index (χ1n) is 15.1. The zero-order chi connectivity index (χ0) is 26.4. The number of halogens is 1. The standard InChI is InChI=1S/C28H52FN7O/c1-4-28-14-23(34(5-2)16-19(29)13-27(28,3)18-28)24(25(30)31)26(37)33-21-15-32-9-8-22(21)36-12-11-35-10-6-7-20(35)17-36/h19-25,32H,4-18,30-31H2,1-3H3,(H,33,37). The molecule has 8 nitrogen and oxygen atoms in total. The van der Waals surface area contributed by atoms with Crippen LogP contribution in [0.4, 0.5) is 4.39 Å². The summed E-state index contributed by atoms with van der Waals surface area (Å²) in [5.41, 5.74) is 12.9. The molecular weight excluding hydrogens is 469 g/mol. The van der Waals surface area contributed by atoms with Crippen LogP contribution in [0.15, 0.2) is 0 Å². The summed E-state index contributed by atoms with van der Waals surface area (Å²) in [6.45, 7) is 13.8. The summed E-state index contributed by atoms with van der Waals surface area (Å²) in [5, 5.41) is 6.93. The van der Waals surface area contributed by atoms with Gasteiger partial charge in [0.1, 0.15) is 6.17 Å². The van der Waals surface area contributed by atoms with Crippen LogP contribution in [0.2, 0.25) is 0 Å². The molecule has 8 unspecified atom stereocenters. The van der Waals surface area contributed by atoms with Gasteiger partial charge >= 0.3 is 0 Å². The highest BCUT2D eigenvalue weighted by atomic mass is 19.1. The van der Waals surface area contributed by atoms with Crippen molar-refractivity contribution in [2.75, 3.05) is 52.4 Å². The molecule has 0 bridgehead atoms. The van der Waals surface area contributed by atoms with Gasteiger partial charge in [-0.1, -0.05) is 20.8 Å². The minimum absolute atomic E-state index is 0.0136. The third-order valence-corrected chi connectivity index (χ3v) is 11.1. The normalized spacial score (nSPS) is 42.5. The number of fused-ring (bicyclic) bond motifs is 2. The molecule has 1 amide bonds. The van der Waals surface area contributed by atoms with E-state index in [1.165, 1.54) is 19.4 Å². The van der Waals surface area contributed by atoms with Gasteiger partial charge in [-0.2, -0.15) is 0 Å². The Bertz CT molecular complexity index is 815. The maximum Gasteiger partial charge on any atom is 0.227 e. The molecule has 5 aliphatic rings. The molecule has 0 aromatic heterocycles. The molecule has 0 spiro atoms. The number of piperidine rings is 1. The van der Waals surface area contributed by atoms with Crippen molar-refractivity contribution >= 4 is 5.91 Å². The van der Waals surface area contributed by atoms with Crippen LogP contribution in [-0.2, 0) is 4.79 Å². The first kappa shape index (κ1) is 27.7. The third-order valence-electron chi connectivity index (χ3n) is 11.1. The number of carbonyl (C=O) groups excluding carboxylic acids is 1. The van der Waals surface area contributed by atoms with E-state index < -0.39 is 18.3 Å². The topological polar surface area (TPSA) is 103 Å². The minimum Gasteiger partial charge on any atom is -0.350 e. The molecule has 8 atom stereocenters. The van der Waals surface area contributed by atoms with Crippen molar-refractivity contribution in [3.8, 4) is 0 Å². The maximum atomic E-state index is 15.2. The lowest BCUT2D eigenvalue weighted by atomic mass is 9.77. The van der Waals surface area contributed by atoms with Crippen molar-refractivity contribution in [2.45, 2.75) is 102 Å². The minimum atomic E-state index is -0.889. The van der Waals surface area contributed by atoms with Gasteiger partial charge in [-0.15, -0.1) is 0 Å². The van der Waals surface area contributed by atoms with Gasteiger partial charge in [-0.05, 0) is 75.4 Å². The number of alkyl halides is 1. The molecule has 4 aliphatic heterocycles. The predicted molar refractivity (Wildman–Crippen MR) is 146 cm³/mol. The van der Waals surface area contributed by atoms with Crippen molar-refractivity contribution in [3.05, 3.63) is 0 Å². The molecule has 1 saturated carbocycles. The Hall–Kier alpha value is -0.840. The highest BCUT2D eigenvalue weighted by Gasteiger charge is 2.65. The Kier molecular flexibility index (Phi) is 8.22. The van der Waals surface area contributed by atoms with E-state index in [1.54, 1.807) is 0 Å². The van der Waals surface area contributed by atoms with E-state index in [4.69, 9.17) is 11.5 Å². The number of nitrogens with zero attached hydrogens (tertiary/aromatic N) is 3. The molecule has 212 valence electrons. The molecule has 4 saturated heterocycles. The van der Waals surface area contributed by atoms with Gasteiger partial charge < -0.3 is 22.1 Å². The van der Waals surface area contributed by atoms with E-state index in [-0.39, 0.29) is 28.8 Å². The van der Waals surface area contributed by atoms with E-state index in [0.717, 1.165) is 58.4 Å². The number of amides is 1.